The third kappa shape index (κ3) is 4.26. The van der Waals surface area contributed by atoms with Crippen LogP contribution < -0.4 is 0 Å². The van der Waals surface area contributed by atoms with E-state index in [1.54, 1.807) is 10.9 Å². The van der Waals surface area contributed by atoms with Gasteiger partial charge in [0.15, 0.2) is 5.78 Å². The highest BCUT2D eigenvalue weighted by molar-refractivity contribution is 5.86. The molecule has 0 radical (unpaired) electrons. The molecule has 1 aliphatic heterocycles. The Labute approximate surface area is 165 Å². The summed E-state index contributed by atoms with van der Waals surface area (Å²) < 4.78 is 1.77. The lowest BCUT2D eigenvalue weighted by atomic mass is 10.1. The summed E-state index contributed by atoms with van der Waals surface area (Å²) in [5.41, 5.74) is 3.67. The Kier molecular flexibility index (Phi) is 5.45. The summed E-state index contributed by atoms with van der Waals surface area (Å²) in [5.74, 6) is 0.216. The molecule has 1 aliphatic rings. The number of ketones is 1. The molecule has 0 aromatic carbocycles. The second-order valence-corrected chi connectivity index (χ2v) is 7.42. The number of hydrogen-bond acceptors (Lipinski definition) is 6. The predicted molar refractivity (Wildman–Crippen MR) is 109 cm³/mol. The molecular weight excluding hydrogens is 352 g/mol. The fourth-order valence-corrected chi connectivity index (χ4v) is 3.67. The summed E-state index contributed by atoms with van der Waals surface area (Å²) in [6.07, 6.45) is 7.74. The van der Waals surface area contributed by atoms with Gasteiger partial charge in [-0.2, -0.15) is 5.10 Å². The molecule has 146 valence electrons. The first-order valence-electron chi connectivity index (χ1n) is 9.81. The maximum absolute atomic E-state index is 12.5. The molecule has 4 rings (SSSR count). The number of rotatable bonds is 6. The standard InChI is InChI=1S/C21H26N6O/c1-3-26-4-6-27(7-5-26)15-20(28)10-19-9-16-8-17(11-23-21(16)13-22-19)18-12-24-25(2)14-18/h8-9,11-14H,3-7,10,15H2,1-2H3. The smallest absolute Gasteiger partial charge is 0.152 e. The maximum Gasteiger partial charge on any atom is 0.152 e. The highest BCUT2D eigenvalue weighted by atomic mass is 16.1. The van der Waals surface area contributed by atoms with Crippen molar-refractivity contribution in [2.75, 3.05) is 39.3 Å². The van der Waals surface area contributed by atoms with Crippen LogP contribution in [0.3, 0.4) is 0 Å². The van der Waals surface area contributed by atoms with Crippen molar-refractivity contribution in [2.24, 2.45) is 7.05 Å². The zero-order valence-electron chi connectivity index (χ0n) is 16.5. The fourth-order valence-electron chi connectivity index (χ4n) is 3.67. The summed E-state index contributed by atoms with van der Waals surface area (Å²) in [4.78, 5) is 26.1. The van der Waals surface area contributed by atoms with Gasteiger partial charge in [0.05, 0.1) is 30.9 Å². The largest absolute Gasteiger partial charge is 0.301 e. The lowest BCUT2D eigenvalue weighted by molar-refractivity contribution is -0.120. The molecule has 3 aromatic rings. The number of fused-ring (bicyclic) bond motifs is 1. The van der Waals surface area contributed by atoms with Crippen molar-refractivity contribution < 1.29 is 4.79 Å². The summed E-state index contributed by atoms with van der Waals surface area (Å²) >= 11 is 0. The zero-order chi connectivity index (χ0) is 19.5. The number of carbonyl (C=O) groups excluding carboxylic acids is 1. The van der Waals surface area contributed by atoms with E-state index in [0.29, 0.717) is 13.0 Å². The van der Waals surface area contributed by atoms with E-state index in [1.165, 1.54) is 0 Å². The number of piperazine rings is 1. The minimum Gasteiger partial charge on any atom is -0.301 e. The average Bonchev–Trinajstić information content (AvgIpc) is 3.14. The SMILES string of the molecule is CCN1CCN(CC(=O)Cc2cc3cc(-c4cnn(C)c4)cnc3cn2)CC1. The number of carbonyl (C=O) groups is 1. The van der Waals surface area contributed by atoms with Gasteiger partial charge in [-0.1, -0.05) is 6.92 Å². The fraction of sp³-hybridized carbons (Fsp3) is 0.429. The highest BCUT2D eigenvalue weighted by Gasteiger charge is 2.18. The van der Waals surface area contributed by atoms with Crippen LogP contribution in [0.4, 0.5) is 0 Å². The summed E-state index contributed by atoms with van der Waals surface area (Å²) in [5, 5.41) is 5.22. The summed E-state index contributed by atoms with van der Waals surface area (Å²) in [6.45, 7) is 7.78. The first-order valence-corrected chi connectivity index (χ1v) is 9.81. The molecule has 0 unspecified atom stereocenters. The van der Waals surface area contributed by atoms with Crippen LogP contribution in [0.25, 0.3) is 22.0 Å². The van der Waals surface area contributed by atoms with Crippen molar-refractivity contribution in [2.45, 2.75) is 13.3 Å². The molecule has 1 fully saturated rings. The number of hydrogen-bond donors (Lipinski definition) is 0. The lowest BCUT2D eigenvalue weighted by Gasteiger charge is -2.33. The van der Waals surface area contributed by atoms with Gasteiger partial charge in [-0.25, -0.2) is 0 Å². The van der Waals surface area contributed by atoms with Crippen molar-refractivity contribution in [3.63, 3.8) is 0 Å². The number of likely N-dealkylation sites (N-methyl/N-ethyl adjacent to an activating group) is 1. The van der Waals surface area contributed by atoms with Crippen LogP contribution in [-0.2, 0) is 18.3 Å². The summed E-state index contributed by atoms with van der Waals surface area (Å²) in [6, 6.07) is 4.06. The Morgan fingerprint density at radius 1 is 1.00 bits per heavy atom. The van der Waals surface area contributed by atoms with Gasteiger partial charge < -0.3 is 4.90 Å². The minimum atomic E-state index is 0.216. The van der Waals surface area contributed by atoms with E-state index in [9.17, 15) is 4.79 Å². The monoisotopic (exact) mass is 378 g/mol. The zero-order valence-corrected chi connectivity index (χ0v) is 16.5. The molecule has 3 aromatic heterocycles. The van der Waals surface area contributed by atoms with E-state index >= 15 is 0 Å². The van der Waals surface area contributed by atoms with Crippen molar-refractivity contribution in [3.8, 4) is 11.1 Å². The normalized spacial score (nSPS) is 15.9. The van der Waals surface area contributed by atoms with Gasteiger partial charge in [-0.15, -0.1) is 0 Å². The third-order valence-electron chi connectivity index (χ3n) is 5.35. The van der Waals surface area contributed by atoms with Crippen LogP contribution in [0.1, 0.15) is 12.6 Å². The van der Waals surface area contributed by atoms with Crippen LogP contribution in [-0.4, -0.2) is 74.6 Å². The van der Waals surface area contributed by atoms with E-state index in [1.807, 2.05) is 31.7 Å². The molecule has 28 heavy (non-hydrogen) atoms. The van der Waals surface area contributed by atoms with Crippen molar-refractivity contribution >= 4 is 16.7 Å². The first kappa shape index (κ1) is 18.7. The second kappa shape index (κ2) is 8.16. The number of pyridine rings is 2. The minimum absolute atomic E-state index is 0.216. The number of Topliss-reactive ketones (excluding diaryl/α,β-unsaturated/α-hetero) is 1. The molecular formula is C21H26N6O. The average molecular weight is 378 g/mol. The van der Waals surface area contributed by atoms with E-state index in [4.69, 9.17) is 0 Å². The van der Waals surface area contributed by atoms with Crippen LogP contribution in [0.2, 0.25) is 0 Å². The lowest BCUT2D eigenvalue weighted by Crippen LogP contribution is -2.47. The molecule has 1 saturated heterocycles. The Bertz CT molecular complexity index is 974. The van der Waals surface area contributed by atoms with Gasteiger partial charge in [-0.3, -0.25) is 24.3 Å². The Hall–Kier alpha value is -2.64. The van der Waals surface area contributed by atoms with Crippen molar-refractivity contribution in [1.29, 1.82) is 0 Å². The molecule has 0 atom stereocenters. The Balaban J connectivity index is 1.44. The van der Waals surface area contributed by atoms with Gasteiger partial charge in [0.2, 0.25) is 0 Å². The molecule has 0 N–H and O–H groups in total. The van der Waals surface area contributed by atoms with Crippen LogP contribution >= 0.6 is 0 Å². The number of aromatic nitrogens is 4. The van der Waals surface area contributed by atoms with Crippen molar-refractivity contribution in [1.82, 2.24) is 29.5 Å². The Morgan fingerprint density at radius 2 is 1.79 bits per heavy atom. The summed E-state index contributed by atoms with van der Waals surface area (Å²) in [7, 11) is 1.90. The topological polar surface area (TPSA) is 67.2 Å². The van der Waals surface area contributed by atoms with Gasteiger partial charge >= 0.3 is 0 Å². The molecule has 0 saturated carbocycles. The maximum atomic E-state index is 12.5. The molecule has 4 heterocycles. The quantitative estimate of drug-likeness (QED) is 0.651. The van der Waals surface area contributed by atoms with Crippen LogP contribution in [0.5, 0.6) is 0 Å². The van der Waals surface area contributed by atoms with Gasteiger partial charge in [0.1, 0.15) is 0 Å². The number of aryl methyl sites for hydroxylation is 1. The molecule has 0 bridgehead atoms. The predicted octanol–water partition coefficient (Wildman–Crippen LogP) is 1.78. The number of nitrogens with zero attached hydrogens (tertiary/aromatic N) is 6. The van der Waals surface area contributed by atoms with E-state index < -0.39 is 0 Å². The molecule has 0 amide bonds. The van der Waals surface area contributed by atoms with E-state index in [2.05, 4.69) is 37.9 Å². The van der Waals surface area contributed by atoms with Crippen molar-refractivity contribution in [3.05, 3.63) is 42.6 Å². The van der Waals surface area contributed by atoms with Gasteiger partial charge in [0.25, 0.3) is 0 Å². The molecule has 0 spiro atoms. The Morgan fingerprint density at radius 3 is 2.50 bits per heavy atom. The van der Waals surface area contributed by atoms with Crippen LogP contribution in [0.15, 0.2) is 36.9 Å². The molecule has 0 aliphatic carbocycles. The first-order chi connectivity index (χ1) is 13.6. The highest BCUT2D eigenvalue weighted by Crippen LogP contribution is 2.22. The van der Waals surface area contributed by atoms with E-state index in [-0.39, 0.29) is 5.78 Å². The van der Waals surface area contributed by atoms with E-state index in [0.717, 1.165) is 60.4 Å². The molecule has 7 nitrogen and oxygen atoms in total. The van der Waals surface area contributed by atoms with Gasteiger partial charge in [-0.05, 0) is 18.7 Å². The molecule has 7 heteroatoms. The third-order valence-corrected chi connectivity index (χ3v) is 5.35. The van der Waals surface area contributed by atoms with Crippen LogP contribution in [0, 0.1) is 0 Å². The van der Waals surface area contributed by atoms with Gasteiger partial charge in [0, 0.05) is 67.8 Å². The second-order valence-electron chi connectivity index (χ2n) is 7.42.